The van der Waals surface area contributed by atoms with Gasteiger partial charge in [0, 0.05) is 13.1 Å². The van der Waals surface area contributed by atoms with Gasteiger partial charge in [-0.2, -0.15) is 0 Å². The number of aromatic amines is 1. The van der Waals surface area contributed by atoms with E-state index in [1.807, 2.05) is 0 Å². The number of aromatic nitrogens is 4. The zero-order valence-corrected chi connectivity index (χ0v) is 10.7. The van der Waals surface area contributed by atoms with Crippen LogP contribution in [0.1, 0.15) is 12.8 Å². The highest BCUT2D eigenvalue weighted by molar-refractivity contribution is 5.82. The Bertz CT molecular complexity index is 589. The Kier molecular flexibility index (Phi) is 3.02. The molecule has 0 saturated carbocycles. The molecule has 0 amide bonds. The number of carbonyl (C=O) groups excluding carboxylic acids is 1. The number of hydrogen-bond donors (Lipinski definition) is 1. The Balaban J connectivity index is 1.78. The van der Waals surface area contributed by atoms with Crippen LogP contribution in [-0.2, 0) is 9.53 Å². The number of H-pyrrole nitrogens is 1. The fraction of sp³-hybridized carbons (Fsp3) is 0.500. The van der Waals surface area contributed by atoms with E-state index in [0.29, 0.717) is 5.65 Å². The smallest absolute Gasteiger partial charge is 0.308 e. The summed E-state index contributed by atoms with van der Waals surface area (Å²) in [5.41, 5.74) is 1.51. The van der Waals surface area contributed by atoms with Crippen molar-refractivity contribution in [2.24, 2.45) is 5.92 Å². The molecular formula is C12H15N5O2. The minimum absolute atomic E-state index is 0.000319. The Hall–Kier alpha value is -2.18. The average Bonchev–Trinajstić information content (AvgIpc) is 2.95. The molecule has 1 fully saturated rings. The normalized spacial score (nSPS) is 16.8. The van der Waals surface area contributed by atoms with E-state index in [9.17, 15) is 4.79 Å². The zero-order valence-electron chi connectivity index (χ0n) is 10.7. The lowest BCUT2D eigenvalue weighted by Crippen LogP contribution is -2.37. The monoisotopic (exact) mass is 261 g/mol. The van der Waals surface area contributed by atoms with Crippen LogP contribution in [-0.4, -0.2) is 46.1 Å². The van der Waals surface area contributed by atoms with Crippen LogP contribution >= 0.6 is 0 Å². The van der Waals surface area contributed by atoms with Gasteiger partial charge in [0.05, 0.1) is 19.4 Å². The second kappa shape index (κ2) is 4.83. The van der Waals surface area contributed by atoms with E-state index in [0.717, 1.165) is 37.3 Å². The molecule has 1 aliphatic rings. The van der Waals surface area contributed by atoms with E-state index in [2.05, 4.69) is 24.8 Å². The van der Waals surface area contributed by atoms with Crippen LogP contribution < -0.4 is 4.90 Å². The molecule has 0 radical (unpaired) electrons. The van der Waals surface area contributed by atoms with Crippen LogP contribution in [0.15, 0.2) is 12.7 Å². The van der Waals surface area contributed by atoms with Gasteiger partial charge in [0.15, 0.2) is 11.5 Å². The molecule has 1 saturated heterocycles. The fourth-order valence-corrected chi connectivity index (χ4v) is 2.49. The minimum Gasteiger partial charge on any atom is -0.469 e. The highest BCUT2D eigenvalue weighted by Crippen LogP contribution is 2.25. The van der Waals surface area contributed by atoms with Crippen LogP contribution in [0.3, 0.4) is 0 Å². The molecule has 0 unspecified atom stereocenters. The fourth-order valence-electron chi connectivity index (χ4n) is 2.49. The summed E-state index contributed by atoms with van der Waals surface area (Å²) < 4.78 is 4.79. The van der Waals surface area contributed by atoms with E-state index in [-0.39, 0.29) is 11.9 Å². The number of hydrogen-bond acceptors (Lipinski definition) is 6. The number of imidazole rings is 1. The molecule has 7 nitrogen and oxygen atoms in total. The molecule has 7 heteroatoms. The Labute approximate surface area is 110 Å². The Morgan fingerprint density at radius 1 is 1.37 bits per heavy atom. The zero-order chi connectivity index (χ0) is 13.2. The maximum absolute atomic E-state index is 11.5. The molecule has 1 aliphatic heterocycles. The van der Waals surface area contributed by atoms with Crippen LogP contribution in [0.25, 0.3) is 11.2 Å². The first-order chi connectivity index (χ1) is 9.29. The van der Waals surface area contributed by atoms with Gasteiger partial charge in [-0.1, -0.05) is 0 Å². The van der Waals surface area contributed by atoms with Crippen molar-refractivity contribution in [3.63, 3.8) is 0 Å². The van der Waals surface area contributed by atoms with E-state index >= 15 is 0 Å². The van der Waals surface area contributed by atoms with Gasteiger partial charge in [0.2, 0.25) is 0 Å². The summed E-state index contributed by atoms with van der Waals surface area (Å²) in [6.07, 6.45) is 4.70. The van der Waals surface area contributed by atoms with Crippen molar-refractivity contribution in [1.29, 1.82) is 0 Å². The molecule has 0 bridgehead atoms. The molecule has 19 heavy (non-hydrogen) atoms. The van der Waals surface area contributed by atoms with Crippen molar-refractivity contribution in [2.75, 3.05) is 25.1 Å². The van der Waals surface area contributed by atoms with Crippen molar-refractivity contribution in [3.05, 3.63) is 12.7 Å². The first kappa shape index (κ1) is 11.9. The van der Waals surface area contributed by atoms with Gasteiger partial charge < -0.3 is 14.6 Å². The molecule has 3 heterocycles. The Morgan fingerprint density at radius 3 is 2.89 bits per heavy atom. The quantitative estimate of drug-likeness (QED) is 0.803. The van der Waals surface area contributed by atoms with Crippen LogP contribution in [0.2, 0.25) is 0 Å². The summed E-state index contributed by atoms with van der Waals surface area (Å²) in [7, 11) is 1.44. The van der Waals surface area contributed by atoms with Gasteiger partial charge in [-0.3, -0.25) is 4.79 Å². The number of nitrogens with zero attached hydrogens (tertiary/aromatic N) is 4. The number of piperidine rings is 1. The summed E-state index contributed by atoms with van der Waals surface area (Å²) in [5.74, 6) is 0.736. The van der Waals surface area contributed by atoms with Crippen molar-refractivity contribution >= 4 is 23.0 Å². The van der Waals surface area contributed by atoms with Crippen molar-refractivity contribution < 1.29 is 9.53 Å². The predicted octanol–water partition coefficient (Wildman–Crippen LogP) is 0.742. The van der Waals surface area contributed by atoms with Gasteiger partial charge in [-0.25, -0.2) is 15.0 Å². The summed E-state index contributed by atoms with van der Waals surface area (Å²) in [6.45, 7) is 1.57. The lowest BCUT2D eigenvalue weighted by Gasteiger charge is -2.31. The third kappa shape index (κ3) is 2.11. The predicted molar refractivity (Wildman–Crippen MR) is 68.6 cm³/mol. The number of rotatable bonds is 2. The van der Waals surface area contributed by atoms with Crippen molar-refractivity contribution in [1.82, 2.24) is 19.9 Å². The lowest BCUT2D eigenvalue weighted by molar-refractivity contribution is -0.146. The highest BCUT2D eigenvalue weighted by atomic mass is 16.5. The number of fused-ring (bicyclic) bond motifs is 1. The summed E-state index contributed by atoms with van der Waals surface area (Å²) in [5, 5.41) is 0. The molecule has 2 aromatic heterocycles. The first-order valence-corrected chi connectivity index (χ1v) is 6.26. The van der Waals surface area contributed by atoms with E-state index in [1.165, 1.54) is 13.4 Å². The van der Waals surface area contributed by atoms with Crippen LogP contribution in [0, 0.1) is 5.92 Å². The summed E-state index contributed by atoms with van der Waals surface area (Å²) in [6, 6.07) is 0. The van der Waals surface area contributed by atoms with Gasteiger partial charge in [-0.15, -0.1) is 0 Å². The average molecular weight is 261 g/mol. The molecule has 0 atom stereocenters. The molecule has 2 aromatic rings. The molecule has 3 rings (SSSR count). The summed E-state index contributed by atoms with van der Waals surface area (Å²) >= 11 is 0. The SMILES string of the molecule is COC(=O)C1CCN(c2ncnc3nc[nH]c23)CC1. The van der Waals surface area contributed by atoms with Crippen molar-refractivity contribution in [2.45, 2.75) is 12.8 Å². The second-order valence-electron chi connectivity index (χ2n) is 4.58. The van der Waals surface area contributed by atoms with E-state index in [1.54, 1.807) is 6.33 Å². The first-order valence-electron chi connectivity index (χ1n) is 6.26. The van der Waals surface area contributed by atoms with Gasteiger partial charge in [-0.05, 0) is 12.8 Å². The third-order valence-corrected chi connectivity index (χ3v) is 3.53. The number of carbonyl (C=O) groups is 1. The number of nitrogens with one attached hydrogen (secondary N) is 1. The minimum atomic E-state index is -0.117. The molecular weight excluding hydrogens is 246 g/mol. The number of ether oxygens (including phenoxy) is 1. The molecule has 1 N–H and O–H groups in total. The van der Waals surface area contributed by atoms with Crippen LogP contribution in [0.5, 0.6) is 0 Å². The van der Waals surface area contributed by atoms with Crippen LogP contribution in [0.4, 0.5) is 5.82 Å². The Morgan fingerprint density at radius 2 is 2.16 bits per heavy atom. The highest BCUT2D eigenvalue weighted by Gasteiger charge is 2.27. The van der Waals surface area contributed by atoms with Gasteiger partial charge in [0.25, 0.3) is 0 Å². The lowest BCUT2D eigenvalue weighted by atomic mass is 9.97. The van der Waals surface area contributed by atoms with Gasteiger partial charge in [0.1, 0.15) is 11.8 Å². The number of anilines is 1. The largest absolute Gasteiger partial charge is 0.469 e. The number of esters is 1. The molecule has 0 aromatic carbocycles. The molecule has 0 aliphatic carbocycles. The number of methoxy groups -OCH3 is 1. The standard InChI is InChI=1S/C12H15N5O2/c1-19-12(18)8-2-4-17(5-3-8)11-9-10(14-6-13-9)15-7-16-11/h6-8H,2-5H2,1H3,(H,13,14,15,16). The second-order valence-corrected chi connectivity index (χ2v) is 4.58. The molecule has 0 spiro atoms. The third-order valence-electron chi connectivity index (χ3n) is 3.53. The maximum atomic E-state index is 11.5. The van der Waals surface area contributed by atoms with E-state index < -0.39 is 0 Å². The van der Waals surface area contributed by atoms with E-state index in [4.69, 9.17) is 4.74 Å². The topological polar surface area (TPSA) is 84.0 Å². The van der Waals surface area contributed by atoms with Gasteiger partial charge >= 0.3 is 5.97 Å². The van der Waals surface area contributed by atoms with Crippen molar-refractivity contribution in [3.8, 4) is 0 Å². The summed E-state index contributed by atoms with van der Waals surface area (Å²) in [4.78, 5) is 29.3. The molecule has 100 valence electrons. The maximum Gasteiger partial charge on any atom is 0.308 e.